The van der Waals surface area contributed by atoms with E-state index in [4.69, 9.17) is 4.42 Å². The minimum atomic E-state index is 0.669. The highest BCUT2D eigenvalue weighted by atomic mass is 16.3. The molecule has 0 amide bonds. The maximum atomic E-state index is 5.21. The van der Waals surface area contributed by atoms with Gasteiger partial charge in [-0.15, -0.1) is 0 Å². The van der Waals surface area contributed by atoms with Gasteiger partial charge in [0.25, 0.3) is 0 Å². The first-order chi connectivity index (χ1) is 4.97. The number of nitrogens with zero attached hydrogens (tertiary/aromatic N) is 1. The second kappa shape index (κ2) is 2.45. The Morgan fingerprint density at radius 2 is 2.20 bits per heavy atom. The molecule has 0 unspecified atom stereocenters. The van der Waals surface area contributed by atoms with Gasteiger partial charge in [-0.05, 0) is 12.8 Å². The average molecular weight is 137 g/mol. The molecule has 0 radical (unpaired) electrons. The summed E-state index contributed by atoms with van der Waals surface area (Å²) in [7, 11) is 0. The van der Waals surface area contributed by atoms with E-state index in [1.165, 1.54) is 32.1 Å². The van der Waals surface area contributed by atoms with Crippen LogP contribution in [0.3, 0.4) is 0 Å². The van der Waals surface area contributed by atoms with Crippen molar-refractivity contribution in [1.29, 1.82) is 0 Å². The van der Waals surface area contributed by atoms with E-state index in [0.29, 0.717) is 5.92 Å². The Morgan fingerprint density at radius 3 is 2.80 bits per heavy atom. The molecule has 2 heteroatoms. The van der Waals surface area contributed by atoms with Gasteiger partial charge in [-0.2, -0.15) is 0 Å². The van der Waals surface area contributed by atoms with Crippen LogP contribution >= 0.6 is 0 Å². The third-order valence-corrected chi connectivity index (χ3v) is 2.21. The molecule has 1 aliphatic carbocycles. The monoisotopic (exact) mass is 137 g/mol. The highest BCUT2D eigenvalue weighted by Gasteiger charge is 2.19. The lowest BCUT2D eigenvalue weighted by molar-refractivity contribution is 0.461. The fourth-order valence-corrected chi connectivity index (χ4v) is 1.64. The second-order valence-electron chi connectivity index (χ2n) is 2.89. The Bertz CT molecular complexity index is 187. The van der Waals surface area contributed by atoms with Gasteiger partial charge < -0.3 is 4.42 Å². The highest BCUT2D eigenvalue weighted by Crippen LogP contribution is 2.33. The maximum Gasteiger partial charge on any atom is 0.180 e. The summed E-state index contributed by atoms with van der Waals surface area (Å²) in [6, 6.07) is 0. The van der Waals surface area contributed by atoms with Crippen molar-refractivity contribution < 1.29 is 4.42 Å². The molecule has 1 aromatic rings. The van der Waals surface area contributed by atoms with Crippen molar-refractivity contribution in [3.05, 3.63) is 18.4 Å². The highest BCUT2D eigenvalue weighted by molar-refractivity contribution is 5.00. The molecule has 0 atom stereocenters. The summed E-state index contributed by atoms with van der Waals surface area (Å²) >= 11 is 0. The van der Waals surface area contributed by atoms with E-state index in [2.05, 4.69) is 4.98 Å². The Labute approximate surface area is 60.3 Å². The van der Waals surface area contributed by atoms with Crippen LogP contribution in [0.4, 0.5) is 0 Å². The van der Waals surface area contributed by atoms with Crippen LogP contribution in [-0.4, -0.2) is 4.98 Å². The summed E-state index contributed by atoms with van der Waals surface area (Å²) in [5.74, 6) is 1.75. The van der Waals surface area contributed by atoms with Crippen molar-refractivity contribution in [3.8, 4) is 0 Å². The van der Waals surface area contributed by atoms with Crippen molar-refractivity contribution in [3.63, 3.8) is 0 Å². The number of hydrogen-bond donors (Lipinski definition) is 0. The van der Waals surface area contributed by atoms with E-state index in [0.717, 1.165) is 5.76 Å². The summed E-state index contributed by atoms with van der Waals surface area (Å²) in [6.45, 7) is 0. The SMILES string of the molecule is c1ncc(C2CCCC2)o1. The number of oxazole rings is 1. The number of aromatic nitrogens is 1. The Hall–Kier alpha value is -0.790. The van der Waals surface area contributed by atoms with Crippen molar-refractivity contribution in [2.45, 2.75) is 31.6 Å². The molecule has 54 valence electrons. The van der Waals surface area contributed by atoms with E-state index in [1.54, 1.807) is 0 Å². The first kappa shape index (κ1) is 5.96. The van der Waals surface area contributed by atoms with E-state index >= 15 is 0 Å². The van der Waals surface area contributed by atoms with Gasteiger partial charge in [0.1, 0.15) is 5.76 Å². The van der Waals surface area contributed by atoms with Gasteiger partial charge in [0.05, 0.1) is 6.20 Å². The van der Waals surface area contributed by atoms with Gasteiger partial charge in [-0.3, -0.25) is 0 Å². The summed E-state index contributed by atoms with van der Waals surface area (Å²) in [5, 5.41) is 0. The molecule has 2 nitrogen and oxygen atoms in total. The predicted octanol–water partition coefficient (Wildman–Crippen LogP) is 2.33. The zero-order chi connectivity index (χ0) is 6.81. The first-order valence-electron chi connectivity index (χ1n) is 3.85. The predicted molar refractivity (Wildman–Crippen MR) is 37.7 cm³/mol. The molecule has 1 aromatic heterocycles. The smallest absolute Gasteiger partial charge is 0.180 e. The van der Waals surface area contributed by atoms with Gasteiger partial charge in [0, 0.05) is 5.92 Å². The van der Waals surface area contributed by atoms with Crippen molar-refractivity contribution in [2.75, 3.05) is 0 Å². The minimum Gasteiger partial charge on any atom is -0.448 e. The lowest BCUT2D eigenvalue weighted by atomic mass is 10.1. The standard InChI is InChI=1S/C8H11NO/c1-2-4-7(3-1)8-5-9-6-10-8/h5-7H,1-4H2. The Balaban J connectivity index is 2.12. The summed E-state index contributed by atoms with van der Waals surface area (Å²) in [5.41, 5.74) is 0. The first-order valence-corrected chi connectivity index (χ1v) is 3.85. The largest absolute Gasteiger partial charge is 0.448 e. The van der Waals surface area contributed by atoms with Crippen molar-refractivity contribution >= 4 is 0 Å². The summed E-state index contributed by atoms with van der Waals surface area (Å²) in [4.78, 5) is 3.90. The topological polar surface area (TPSA) is 26.0 Å². The third-order valence-electron chi connectivity index (χ3n) is 2.21. The Morgan fingerprint density at radius 1 is 1.40 bits per heavy atom. The third kappa shape index (κ3) is 0.939. The van der Waals surface area contributed by atoms with Crippen LogP contribution in [0.2, 0.25) is 0 Å². The van der Waals surface area contributed by atoms with Crippen LogP contribution in [0.25, 0.3) is 0 Å². The van der Waals surface area contributed by atoms with Gasteiger partial charge in [-0.1, -0.05) is 12.8 Å². The number of hydrogen-bond acceptors (Lipinski definition) is 2. The molecule has 0 saturated heterocycles. The van der Waals surface area contributed by atoms with E-state index in [9.17, 15) is 0 Å². The Kier molecular flexibility index (Phi) is 1.46. The molecular weight excluding hydrogens is 126 g/mol. The van der Waals surface area contributed by atoms with E-state index in [1.807, 2.05) is 6.20 Å². The van der Waals surface area contributed by atoms with Gasteiger partial charge in [0.2, 0.25) is 0 Å². The molecule has 0 N–H and O–H groups in total. The molecular formula is C8H11NO. The van der Waals surface area contributed by atoms with Crippen LogP contribution in [0, 0.1) is 0 Å². The molecule has 1 fully saturated rings. The molecule has 10 heavy (non-hydrogen) atoms. The van der Waals surface area contributed by atoms with Crippen LogP contribution in [0.15, 0.2) is 17.0 Å². The molecule has 1 aliphatic rings. The zero-order valence-electron chi connectivity index (χ0n) is 5.92. The normalized spacial score (nSPS) is 20.0. The van der Waals surface area contributed by atoms with Gasteiger partial charge >= 0.3 is 0 Å². The van der Waals surface area contributed by atoms with Crippen LogP contribution in [-0.2, 0) is 0 Å². The molecule has 1 heterocycles. The summed E-state index contributed by atoms with van der Waals surface area (Å²) < 4.78 is 5.21. The molecule has 1 saturated carbocycles. The lowest BCUT2D eigenvalue weighted by Gasteiger charge is -2.00. The van der Waals surface area contributed by atoms with E-state index in [-0.39, 0.29) is 0 Å². The maximum absolute atomic E-state index is 5.21. The fraction of sp³-hybridized carbons (Fsp3) is 0.625. The van der Waals surface area contributed by atoms with Crippen molar-refractivity contribution in [2.24, 2.45) is 0 Å². The molecule has 0 bridgehead atoms. The van der Waals surface area contributed by atoms with Crippen LogP contribution in [0.1, 0.15) is 37.4 Å². The zero-order valence-corrected chi connectivity index (χ0v) is 5.92. The van der Waals surface area contributed by atoms with Crippen LogP contribution < -0.4 is 0 Å². The van der Waals surface area contributed by atoms with Crippen molar-refractivity contribution in [1.82, 2.24) is 4.98 Å². The molecule has 0 aliphatic heterocycles. The van der Waals surface area contributed by atoms with Crippen LogP contribution in [0.5, 0.6) is 0 Å². The lowest BCUT2D eigenvalue weighted by Crippen LogP contribution is -1.87. The van der Waals surface area contributed by atoms with Gasteiger partial charge in [-0.25, -0.2) is 4.98 Å². The second-order valence-corrected chi connectivity index (χ2v) is 2.89. The fourth-order valence-electron chi connectivity index (χ4n) is 1.64. The van der Waals surface area contributed by atoms with E-state index < -0.39 is 0 Å². The van der Waals surface area contributed by atoms with Gasteiger partial charge in [0.15, 0.2) is 6.39 Å². The summed E-state index contributed by atoms with van der Waals surface area (Å²) in [6.07, 6.45) is 8.64. The quantitative estimate of drug-likeness (QED) is 0.593. The molecule has 0 spiro atoms. The number of rotatable bonds is 1. The minimum absolute atomic E-state index is 0.669. The average Bonchev–Trinajstić information content (AvgIpc) is 2.59. The molecule has 2 rings (SSSR count). The molecule has 0 aromatic carbocycles.